The van der Waals surface area contributed by atoms with Crippen molar-refractivity contribution in [3.05, 3.63) is 52.2 Å². The molecule has 23 heavy (non-hydrogen) atoms. The summed E-state index contributed by atoms with van der Waals surface area (Å²) in [4.78, 5) is 0. The molecule has 1 aliphatic heterocycles. The highest BCUT2D eigenvalue weighted by atomic mass is 28.4. The summed E-state index contributed by atoms with van der Waals surface area (Å²) in [5.41, 5.74) is 5.64. The van der Waals surface area contributed by atoms with E-state index in [-0.39, 0.29) is 0 Å². The van der Waals surface area contributed by atoms with Crippen LogP contribution in [0.5, 0.6) is 5.75 Å². The number of hydrogen-bond acceptors (Lipinski definition) is 2. The predicted octanol–water partition coefficient (Wildman–Crippen LogP) is 4.87. The maximum Gasteiger partial charge on any atom is 0.248 e. The Hall–Kier alpha value is -1.37. The molecule has 0 radical (unpaired) electrons. The van der Waals surface area contributed by atoms with Crippen LogP contribution in [0.2, 0.25) is 26.2 Å². The van der Waals surface area contributed by atoms with E-state index in [1.54, 1.807) is 10.4 Å². The van der Waals surface area contributed by atoms with Gasteiger partial charge in [0.2, 0.25) is 16.6 Å². The Kier molecular flexibility index (Phi) is 3.18. The van der Waals surface area contributed by atoms with Crippen molar-refractivity contribution >= 4 is 27.4 Å². The maximum atomic E-state index is 6.46. The van der Waals surface area contributed by atoms with Crippen LogP contribution < -0.4 is 4.43 Å². The summed E-state index contributed by atoms with van der Waals surface area (Å²) in [7, 11) is -1.47. The molecule has 1 atom stereocenters. The Morgan fingerprint density at radius 3 is 2.52 bits per heavy atom. The highest BCUT2D eigenvalue weighted by Gasteiger charge is 2.58. The van der Waals surface area contributed by atoms with Crippen molar-refractivity contribution in [2.24, 2.45) is 0 Å². The SMILES string of the molecule is CO[Si]1(C)C2=C1c1c(ccc(O[Si](C)(C)C)c1C1=CC=CC1)C2. The minimum Gasteiger partial charge on any atom is -0.544 e. The zero-order valence-corrected chi connectivity index (χ0v) is 16.6. The van der Waals surface area contributed by atoms with E-state index in [0.717, 1.165) is 18.6 Å². The first-order valence-electron chi connectivity index (χ1n) is 8.36. The minimum atomic E-state index is -1.70. The van der Waals surface area contributed by atoms with Crippen molar-refractivity contribution in [1.82, 2.24) is 0 Å². The predicted molar refractivity (Wildman–Crippen MR) is 101 cm³/mol. The molecule has 4 rings (SSSR count). The molecule has 0 spiro atoms. The van der Waals surface area contributed by atoms with Gasteiger partial charge in [0.25, 0.3) is 0 Å². The third kappa shape index (κ3) is 2.23. The van der Waals surface area contributed by atoms with Crippen LogP contribution in [0.4, 0.5) is 0 Å². The second kappa shape index (κ2) is 4.82. The van der Waals surface area contributed by atoms with Gasteiger partial charge >= 0.3 is 0 Å². The van der Waals surface area contributed by atoms with Gasteiger partial charge in [-0.15, -0.1) is 0 Å². The van der Waals surface area contributed by atoms with Crippen molar-refractivity contribution in [1.29, 1.82) is 0 Å². The van der Waals surface area contributed by atoms with Crippen molar-refractivity contribution in [2.75, 3.05) is 7.11 Å². The molecular weight excluding hydrogens is 316 g/mol. The van der Waals surface area contributed by atoms with E-state index < -0.39 is 16.6 Å². The molecule has 0 N–H and O–H groups in total. The second-order valence-corrected chi connectivity index (χ2v) is 15.8. The normalized spacial score (nSPS) is 24.7. The first-order valence-corrected chi connectivity index (χ1v) is 14.2. The molecule has 0 bridgehead atoms. The monoisotopic (exact) mass is 340 g/mol. The standard InChI is InChI=1S/C19H24O2Si2/c1-20-23(5)16-12-14-10-11-15(21-22(2,3)4)17(18(14)19(16)23)13-8-6-7-9-13/h6-8,10-11H,9,12H2,1-5H3. The van der Waals surface area contributed by atoms with Gasteiger partial charge in [0.05, 0.1) is 0 Å². The largest absolute Gasteiger partial charge is 0.544 e. The first-order chi connectivity index (χ1) is 10.8. The van der Waals surface area contributed by atoms with Gasteiger partial charge < -0.3 is 8.85 Å². The molecule has 4 heteroatoms. The van der Waals surface area contributed by atoms with E-state index in [1.165, 1.54) is 22.3 Å². The lowest BCUT2D eigenvalue weighted by molar-refractivity contribution is 0.425. The molecule has 2 nitrogen and oxygen atoms in total. The lowest BCUT2D eigenvalue weighted by Crippen LogP contribution is -2.30. The van der Waals surface area contributed by atoms with Gasteiger partial charge in [0.15, 0.2) is 0 Å². The molecule has 0 fully saturated rings. The van der Waals surface area contributed by atoms with Crippen molar-refractivity contribution in [3.63, 3.8) is 0 Å². The minimum absolute atomic E-state index is 1.01. The number of hydrogen-bond donors (Lipinski definition) is 0. The van der Waals surface area contributed by atoms with Crippen molar-refractivity contribution < 1.29 is 8.85 Å². The molecule has 1 heterocycles. The van der Waals surface area contributed by atoms with Gasteiger partial charge in [-0.3, -0.25) is 0 Å². The lowest BCUT2D eigenvalue weighted by atomic mass is 9.95. The Bertz CT molecular complexity index is 796. The van der Waals surface area contributed by atoms with Crippen LogP contribution in [0.25, 0.3) is 10.8 Å². The highest BCUT2D eigenvalue weighted by molar-refractivity contribution is 7.10. The molecule has 0 saturated carbocycles. The number of fused-ring (bicyclic) bond motifs is 2. The molecule has 2 aliphatic carbocycles. The molecular formula is C19H24O2Si2. The molecule has 3 aliphatic rings. The fraction of sp³-hybridized carbons (Fsp3) is 0.368. The van der Waals surface area contributed by atoms with E-state index in [2.05, 4.69) is 56.5 Å². The topological polar surface area (TPSA) is 18.5 Å². The summed E-state index contributed by atoms with van der Waals surface area (Å²) in [5.74, 6) is 1.07. The number of allylic oxidation sites excluding steroid dienone is 5. The van der Waals surface area contributed by atoms with Crippen LogP contribution >= 0.6 is 0 Å². The molecule has 0 saturated heterocycles. The Labute approximate surface area is 140 Å². The quantitative estimate of drug-likeness (QED) is 0.728. The van der Waals surface area contributed by atoms with E-state index in [9.17, 15) is 0 Å². The van der Waals surface area contributed by atoms with Crippen molar-refractivity contribution in [3.8, 4) is 5.75 Å². The van der Waals surface area contributed by atoms with Crippen LogP contribution in [-0.4, -0.2) is 23.7 Å². The Balaban J connectivity index is 1.87. The first kappa shape index (κ1) is 15.2. The van der Waals surface area contributed by atoms with E-state index in [1.807, 2.05) is 7.11 Å². The lowest BCUT2D eigenvalue weighted by Gasteiger charge is -2.26. The summed E-state index contributed by atoms with van der Waals surface area (Å²) < 4.78 is 12.4. The van der Waals surface area contributed by atoms with Gasteiger partial charge in [-0.25, -0.2) is 0 Å². The summed E-state index contributed by atoms with van der Waals surface area (Å²) in [6.07, 6.45) is 8.74. The van der Waals surface area contributed by atoms with E-state index in [0.29, 0.717) is 0 Å². The summed E-state index contributed by atoms with van der Waals surface area (Å²) in [5, 5.41) is 3.13. The molecule has 0 amide bonds. The average molecular weight is 341 g/mol. The Morgan fingerprint density at radius 1 is 1.13 bits per heavy atom. The summed E-state index contributed by atoms with van der Waals surface area (Å²) >= 11 is 0. The third-order valence-electron chi connectivity index (χ3n) is 5.08. The summed E-state index contributed by atoms with van der Waals surface area (Å²) in [6, 6.07) is 4.47. The van der Waals surface area contributed by atoms with Crippen LogP contribution in [-0.2, 0) is 10.8 Å². The van der Waals surface area contributed by atoms with Gasteiger partial charge in [0.1, 0.15) is 5.75 Å². The van der Waals surface area contributed by atoms with Crippen molar-refractivity contribution in [2.45, 2.75) is 39.0 Å². The van der Waals surface area contributed by atoms with Gasteiger partial charge in [-0.1, -0.05) is 24.3 Å². The second-order valence-electron chi connectivity index (χ2n) is 7.78. The van der Waals surface area contributed by atoms with Crippen LogP contribution in [0.1, 0.15) is 23.1 Å². The molecule has 120 valence electrons. The fourth-order valence-electron chi connectivity index (χ4n) is 3.91. The highest BCUT2D eigenvalue weighted by Crippen LogP contribution is 2.59. The van der Waals surface area contributed by atoms with Crippen LogP contribution in [0.3, 0.4) is 0 Å². The number of rotatable bonds is 4. The van der Waals surface area contributed by atoms with Gasteiger partial charge in [0, 0.05) is 12.7 Å². The molecule has 1 unspecified atom stereocenters. The fourth-order valence-corrected chi connectivity index (χ4v) is 8.06. The van der Waals surface area contributed by atoms with E-state index >= 15 is 0 Å². The zero-order valence-electron chi connectivity index (χ0n) is 14.6. The van der Waals surface area contributed by atoms with E-state index in [4.69, 9.17) is 8.85 Å². The van der Waals surface area contributed by atoms with Gasteiger partial charge in [-0.05, 0) is 72.2 Å². The van der Waals surface area contributed by atoms with Crippen LogP contribution in [0, 0.1) is 0 Å². The smallest absolute Gasteiger partial charge is 0.248 e. The molecule has 0 aromatic heterocycles. The average Bonchev–Trinajstić information content (AvgIpc) is 2.93. The van der Waals surface area contributed by atoms with Gasteiger partial charge in [-0.2, -0.15) is 0 Å². The number of benzene rings is 1. The molecule has 1 aromatic rings. The third-order valence-corrected chi connectivity index (χ3v) is 9.56. The zero-order chi connectivity index (χ0) is 16.4. The maximum absolute atomic E-state index is 6.46. The molecule has 1 aromatic carbocycles. The summed E-state index contributed by atoms with van der Waals surface area (Å²) in [6.45, 7) is 9.08. The Morgan fingerprint density at radius 2 is 1.91 bits per heavy atom. The van der Waals surface area contributed by atoms with Crippen LogP contribution in [0.15, 0.2) is 35.6 Å².